The van der Waals surface area contributed by atoms with Gasteiger partial charge >= 0.3 is 6.09 Å². The Balaban J connectivity index is 2.53. The van der Waals surface area contributed by atoms with Crippen molar-refractivity contribution in [3.05, 3.63) is 30.3 Å². The molecule has 1 atom stereocenters. The Hall–Kier alpha value is -1.18. The molecule has 1 amide bonds. The maximum atomic E-state index is 11.8. The standard InChI is InChI=1S/C11H14N2O3S2/c1-9(2)12-16-11(14)13(3)18(15)17-10-7-5-4-6-8-10/h4-8H,1-3H3. The van der Waals surface area contributed by atoms with E-state index in [0.717, 1.165) is 20.0 Å². The summed E-state index contributed by atoms with van der Waals surface area (Å²) in [7, 11) is 0.906. The van der Waals surface area contributed by atoms with Crippen molar-refractivity contribution < 1.29 is 14.2 Å². The molecule has 0 aromatic heterocycles. The Morgan fingerprint density at radius 3 is 2.56 bits per heavy atom. The Labute approximate surface area is 113 Å². The lowest BCUT2D eigenvalue weighted by Crippen LogP contribution is -2.30. The van der Waals surface area contributed by atoms with Gasteiger partial charge < -0.3 is 4.55 Å². The molecule has 98 valence electrons. The zero-order chi connectivity index (χ0) is 13.5. The van der Waals surface area contributed by atoms with Gasteiger partial charge in [-0.05, 0) is 26.0 Å². The van der Waals surface area contributed by atoms with Crippen LogP contribution in [0.3, 0.4) is 0 Å². The van der Waals surface area contributed by atoms with Gasteiger partial charge in [0.15, 0.2) is 21.2 Å². The molecule has 0 radical (unpaired) electrons. The molecule has 0 aliphatic rings. The van der Waals surface area contributed by atoms with Crippen molar-refractivity contribution in [2.75, 3.05) is 7.05 Å². The van der Waals surface area contributed by atoms with E-state index in [0.29, 0.717) is 5.71 Å². The average molecular weight is 286 g/mol. The monoisotopic (exact) mass is 286 g/mol. The summed E-state index contributed by atoms with van der Waals surface area (Å²) in [5, 5.41) is 3.52. The smallest absolute Gasteiger partial charge is 0.478 e. The average Bonchev–Trinajstić information content (AvgIpc) is 2.36. The van der Waals surface area contributed by atoms with Gasteiger partial charge in [-0.25, -0.2) is 4.79 Å². The van der Waals surface area contributed by atoms with E-state index in [4.69, 9.17) is 0 Å². The first-order valence-electron chi connectivity index (χ1n) is 5.12. The van der Waals surface area contributed by atoms with Crippen molar-refractivity contribution in [1.29, 1.82) is 0 Å². The largest absolute Gasteiger partial charge is 0.581 e. The van der Waals surface area contributed by atoms with Crippen LogP contribution in [-0.2, 0) is 15.2 Å². The third-order valence-corrected chi connectivity index (χ3v) is 4.58. The van der Waals surface area contributed by atoms with Crippen LogP contribution < -0.4 is 0 Å². The molecule has 0 aliphatic carbocycles. The fraction of sp³-hybridized carbons (Fsp3) is 0.273. The van der Waals surface area contributed by atoms with Crippen LogP contribution in [0.2, 0.25) is 0 Å². The van der Waals surface area contributed by atoms with Gasteiger partial charge in [0.1, 0.15) is 0 Å². The first-order chi connectivity index (χ1) is 8.50. The summed E-state index contributed by atoms with van der Waals surface area (Å²) in [6.07, 6.45) is -0.752. The molecule has 7 heteroatoms. The lowest BCUT2D eigenvalue weighted by atomic mass is 10.4. The second kappa shape index (κ2) is 7.30. The number of carbonyl (C=O) groups excluding carboxylic acids is 1. The van der Waals surface area contributed by atoms with Crippen LogP contribution in [-0.4, -0.2) is 27.7 Å². The maximum absolute atomic E-state index is 11.8. The summed E-state index contributed by atoms with van der Waals surface area (Å²) in [6.45, 7) is 3.39. The van der Waals surface area contributed by atoms with E-state index in [1.165, 1.54) is 7.05 Å². The van der Waals surface area contributed by atoms with E-state index >= 15 is 0 Å². The summed E-state index contributed by atoms with van der Waals surface area (Å²) in [6, 6.07) is 9.17. The lowest BCUT2D eigenvalue weighted by Gasteiger charge is -2.15. The topological polar surface area (TPSA) is 65.0 Å². The summed E-state index contributed by atoms with van der Waals surface area (Å²) in [4.78, 5) is 16.9. The van der Waals surface area contributed by atoms with E-state index in [2.05, 4.69) is 9.99 Å². The number of carbonyl (C=O) groups is 1. The van der Waals surface area contributed by atoms with Crippen LogP contribution in [0.4, 0.5) is 4.79 Å². The number of amides is 1. The second-order valence-corrected chi connectivity index (χ2v) is 6.48. The van der Waals surface area contributed by atoms with Crippen LogP contribution in [0.5, 0.6) is 0 Å². The third kappa shape index (κ3) is 4.99. The fourth-order valence-corrected chi connectivity index (χ4v) is 2.91. The normalized spacial score (nSPS) is 11.6. The second-order valence-electron chi connectivity index (χ2n) is 3.51. The number of hydrogen-bond donors (Lipinski definition) is 0. The molecule has 18 heavy (non-hydrogen) atoms. The van der Waals surface area contributed by atoms with Crippen molar-refractivity contribution >= 4 is 33.0 Å². The first kappa shape index (κ1) is 14.9. The van der Waals surface area contributed by atoms with Crippen LogP contribution in [0.15, 0.2) is 40.4 Å². The summed E-state index contributed by atoms with van der Waals surface area (Å²) < 4.78 is 12.8. The SMILES string of the molecule is CC(C)=NOC(=O)N(C)[S+]([O-])Sc1ccccc1. The van der Waals surface area contributed by atoms with Gasteiger partial charge in [-0.2, -0.15) is 0 Å². The zero-order valence-corrected chi connectivity index (χ0v) is 12.0. The predicted octanol–water partition coefficient (Wildman–Crippen LogP) is 2.82. The van der Waals surface area contributed by atoms with Crippen LogP contribution in [0.25, 0.3) is 0 Å². The van der Waals surface area contributed by atoms with Crippen molar-refractivity contribution in [3.8, 4) is 0 Å². The van der Waals surface area contributed by atoms with Gasteiger partial charge in [-0.15, -0.1) is 4.31 Å². The molecule has 0 bridgehead atoms. The van der Waals surface area contributed by atoms with Crippen molar-refractivity contribution in [2.24, 2.45) is 5.16 Å². The molecule has 0 fully saturated rings. The zero-order valence-electron chi connectivity index (χ0n) is 10.3. The van der Waals surface area contributed by atoms with Gasteiger partial charge in [0.2, 0.25) is 0 Å². The highest BCUT2D eigenvalue weighted by molar-refractivity contribution is 8.71. The van der Waals surface area contributed by atoms with Gasteiger partial charge in [-0.3, -0.25) is 4.84 Å². The summed E-state index contributed by atoms with van der Waals surface area (Å²) in [5.41, 5.74) is 0.609. The molecule has 0 spiro atoms. The Kier molecular flexibility index (Phi) is 6.03. The number of nitrogens with zero attached hydrogens (tertiary/aromatic N) is 2. The van der Waals surface area contributed by atoms with Crippen molar-refractivity contribution in [3.63, 3.8) is 0 Å². The molecule has 0 aliphatic heterocycles. The third-order valence-electron chi connectivity index (χ3n) is 1.70. The molecule has 1 rings (SSSR count). The van der Waals surface area contributed by atoms with E-state index in [1.807, 2.05) is 30.3 Å². The van der Waals surface area contributed by atoms with E-state index in [-0.39, 0.29) is 0 Å². The summed E-state index contributed by atoms with van der Waals surface area (Å²) in [5.74, 6) is 0. The van der Waals surface area contributed by atoms with Gasteiger partial charge in [0.25, 0.3) is 0 Å². The molecular formula is C11H14N2O3S2. The Morgan fingerprint density at radius 1 is 1.39 bits per heavy atom. The van der Waals surface area contributed by atoms with E-state index in [1.54, 1.807) is 13.8 Å². The number of benzene rings is 1. The molecule has 0 N–H and O–H groups in total. The molecule has 1 aromatic carbocycles. The molecule has 0 saturated carbocycles. The number of hydrogen-bond acceptors (Lipinski definition) is 5. The minimum Gasteiger partial charge on any atom is -0.581 e. The van der Waals surface area contributed by atoms with E-state index < -0.39 is 16.5 Å². The van der Waals surface area contributed by atoms with Gasteiger partial charge in [0.05, 0.1) is 17.7 Å². The lowest BCUT2D eigenvalue weighted by molar-refractivity contribution is 0.135. The van der Waals surface area contributed by atoms with E-state index in [9.17, 15) is 9.35 Å². The molecule has 5 nitrogen and oxygen atoms in total. The van der Waals surface area contributed by atoms with Crippen LogP contribution in [0, 0.1) is 0 Å². The minimum absolute atomic E-state index is 0.609. The van der Waals surface area contributed by atoms with Crippen LogP contribution >= 0.6 is 10.8 Å². The first-order valence-corrected chi connectivity index (χ1v) is 7.56. The van der Waals surface area contributed by atoms with Crippen molar-refractivity contribution in [2.45, 2.75) is 18.7 Å². The maximum Gasteiger partial charge on any atom is 0.478 e. The molecule has 0 saturated heterocycles. The molecule has 1 unspecified atom stereocenters. The highest BCUT2D eigenvalue weighted by atomic mass is 33.1. The Bertz CT molecular complexity index is 422. The van der Waals surface area contributed by atoms with Gasteiger partial charge in [0, 0.05) is 0 Å². The number of rotatable bonds is 4. The number of oxime groups is 1. The quantitative estimate of drug-likeness (QED) is 0.281. The van der Waals surface area contributed by atoms with Gasteiger partial charge in [-0.1, -0.05) is 23.4 Å². The summed E-state index contributed by atoms with van der Waals surface area (Å²) >= 11 is 0. The Morgan fingerprint density at radius 2 is 2.00 bits per heavy atom. The molecule has 0 heterocycles. The predicted molar refractivity (Wildman–Crippen MR) is 73.5 cm³/mol. The highest BCUT2D eigenvalue weighted by Crippen LogP contribution is 2.26. The fourth-order valence-electron chi connectivity index (χ4n) is 0.863. The molecular weight excluding hydrogens is 272 g/mol. The van der Waals surface area contributed by atoms with Crippen LogP contribution in [0.1, 0.15) is 13.8 Å². The minimum atomic E-state index is -1.55. The molecule has 1 aromatic rings. The highest BCUT2D eigenvalue weighted by Gasteiger charge is 2.25. The van der Waals surface area contributed by atoms with Crippen molar-refractivity contribution in [1.82, 2.24) is 4.31 Å².